The van der Waals surface area contributed by atoms with E-state index >= 15 is 0 Å². The zero-order chi connectivity index (χ0) is 23.8. The van der Waals surface area contributed by atoms with E-state index in [9.17, 15) is 9.59 Å². The Bertz CT molecular complexity index is 1100. The third kappa shape index (κ3) is 6.10. The molecule has 8 heteroatoms. The van der Waals surface area contributed by atoms with E-state index < -0.39 is 5.97 Å². The molecule has 3 aromatic rings. The maximum atomic E-state index is 13.1. The summed E-state index contributed by atoms with van der Waals surface area (Å²) >= 11 is 1.64. The van der Waals surface area contributed by atoms with Crippen LogP contribution in [0.1, 0.15) is 50.8 Å². The average molecular weight is 469 g/mol. The Labute approximate surface area is 197 Å². The van der Waals surface area contributed by atoms with Crippen LogP contribution >= 0.6 is 11.3 Å². The molecule has 3 rings (SSSR count). The molecule has 0 unspecified atom stereocenters. The fourth-order valence-corrected chi connectivity index (χ4v) is 3.90. The molecule has 1 amide bonds. The van der Waals surface area contributed by atoms with E-state index in [1.165, 1.54) is 0 Å². The van der Waals surface area contributed by atoms with Crippen LogP contribution < -0.4 is 9.47 Å². The van der Waals surface area contributed by atoms with Crippen molar-refractivity contribution in [3.8, 4) is 11.5 Å². The molecular weight excluding hydrogens is 440 g/mol. The number of thiophene rings is 1. The number of esters is 1. The number of hydrogen-bond acceptors (Lipinski definition) is 7. The summed E-state index contributed by atoms with van der Waals surface area (Å²) in [6, 6.07) is 12.8. The van der Waals surface area contributed by atoms with Gasteiger partial charge in [0.1, 0.15) is 12.3 Å². The lowest BCUT2D eigenvalue weighted by Crippen LogP contribution is -2.31. The van der Waals surface area contributed by atoms with Crippen molar-refractivity contribution in [2.24, 2.45) is 0 Å². The number of methoxy groups -OCH3 is 1. The molecule has 1 aromatic carbocycles. The van der Waals surface area contributed by atoms with Crippen LogP contribution in [0, 0.1) is 6.92 Å². The fourth-order valence-electron chi connectivity index (χ4n) is 3.29. The highest BCUT2D eigenvalue weighted by molar-refractivity contribution is 7.09. The van der Waals surface area contributed by atoms with Crippen LogP contribution in [0.5, 0.6) is 11.5 Å². The Balaban J connectivity index is 1.72. The number of rotatable bonds is 10. The van der Waals surface area contributed by atoms with Crippen LogP contribution in [0.25, 0.3) is 0 Å². The van der Waals surface area contributed by atoms with Gasteiger partial charge in [0.05, 0.1) is 25.0 Å². The van der Waals surface area contributed by atoms with Crippen molar-refractivity contribution in [1.82, 2.24) is 9.88 Å². The molecule has 0 aliphatic heterocycles. The molecule has 0 aliphatic carbocycles. The summed E-state index contributed by atoms with van der Waals surface area (Å²) in [7, 11) is 1.59. The summed E-state index contributed by atoms with van der Waals surface area (Å²) in [6.07, 6.45) is 0. The predicted molar refractivity (Wildman–Crippen MR) is 127 cm³/mol. The number of benzene rings is 1. The molecule has 0 saturated carbocycles. The molecule has 0 spiro atoms. The Morgan fingerprint density at radius 1 is 1.09 bits per heavy atom. The van der Waals surface area contributed by atoms with Gasteiger partial charge in [-0.1, -0.05) is 12.1 Å². The van der Waals surface area contributed by atoms with Gasteiger partial charge in [-0.3, -0.25) is 4.79 Å². The topological polar surface area (TPSA) is 78.0 Å². The summed E-state index contributed by atoms with van der Waals surface area (Å²) in [4.78, 5) is 32.2. The molecule has 33 heavy (non-hydrogen) atoms. The Kier molecular flexibility index (Phi) is 8.43. The molecule has 0 radical (unpaired) electrons. The molecule has 2 heterocycles. The summed E-state index contributed by atoms with van der Waals surface area (Å²) in [5.74, 6) is 0.603. The van der Waals surface area contributed by atoms with E-state index in [1.54, 1.807) is 49.3 Å². The van der Waals surface area contributed by atoms with E-state index in [4.69, 9.17) is 14.2 Å². The number of aryl methyl sites for hydroxylation is 1. The number of carbonyl (C=O) groups is 2. The normalized spacial score (nSPS) is 10.5. The van der Waals surface area contributed by atoms with Crippen molar-refractivity contribution in [1.29, 1.82) is 0 Å². The van der Waals surface area contributed by atoms with Crippen LogP contribution in [-0.2, 0) is 17.9 Å². The average Bonchev–Trinajstić information content (AvgIpc) is 3.34. The van der Waals surface area contributed by atoms with E-state index in [0.29, 0.717) is 42.5 Å². The summed E-state index contributed by atoms with van der Waals surface area (Å²) in [5.41, 5.74) is 2.01. The van der Waals surface area contributed by atoms with Crippen LogP contribution in [0.2, 0.25) is 0 Å². The summed E-state index contributed by atoms with van der Waals surface area (Å²) in [5, 5.41) is 2.01. The smallest absolute Gasteiger partial charge is 0.339 e. The van der Waals surface area contributed by atoms with Gasteiger partial charge in [-0.15, -0.1) is 11.3 Å². The number of pyridine rings is 1. The molecule has 0 saturated heterocycles. The standard InChI is InChI=1S/C25H28N2O5S/c1-5-27(24(28)21-11-10-20(17(3)26-21)25(29)31-6-2)15-18-9-12-22(23(14-18)30-4)32-16-19-8-7-13-33-19/h7-14H,5-6,15-16H2,1-4H3. The predicted octanol–water partition coefficient (Wildman–Crippen LogP) is 4.88. The van der Waals surface area contributed by atoms with Crippen LogP contribution in [0.4, 0.5) is 0 Å². The van der Waals surface area contributed by atoms with Crippen molar-refractivity contribution in [2.75, 3.05) is 20.3 Å². The Morgan fingerprint density at radius 3 is 2.55 bits per heavy atom. The molecular formula is C25H28N2O5S. The largest absolute Gasteiger partial charge is 0.493 e. The second-order valence-corrected chi connectivity index (χ2v) is 8.25. The van der Waals surface area contributed by atoms with Gasteiger partial charge in [-0.05, 0) is 62.0 Å². The number of hydrogen-bond donors (Lipinski definition) is 0. The van der Waals surface area contributed by atoms with Crippen molar-refractivity contribution >= 4 is 23.2 Å². The van der Waals surface area contributed by atoms with Gasteiger partial charge in [0, 0.05) is 18.0 Å². The highest BCUT2D eigenvalue weighted by Gasteiger charge is 2.20. The lowest BCUT2D eigenvalue weighted by atomic mass is 10.1. The summed E-state index contributed by atoms with van der Waals surface area (Å²) < 4.78 is 16.4. The van der Waals surface area contributed by atoms with Gasteiger partial charge in [-0.2, -0.15) is 0 Å². The SMILES string of the molecule is CCOC(=O)c1ccc(C(=O)N(CC)Cc2ccc(OCc3cccs3)c(OC)c2)nc1C. The first kappa shape index (κ1) is 24.3. The van der Waals surface area contributed by atoms with E-state index in [0.717, 1.165) is 10.4 Å². The zero-order valence-electron chi connectivity index (χ0n) is 19.3. The maximum absolute atomic E-state index is 13.1. The van der Waals surface area contributed by atoms with Gasteiger partial charge in [-0.25, -0.2) is 9.78 Å². The quantitative estimate of drug-likeness (QED) is 0.395. The molecule has 0 bridgehead atoms. The van der Waals surface area contributed by atoms with E-state index in [1.807, 2.05) is 42.6 Å². The summed E-state index contributed by atoms with van der Waals surface area (Å²) in [6.45, 7) is 6.99. The lowest BCUT2D eigenvalue weighted by molar-refractivity contribution is 0.0524. The first-order valence-corrected chi connectivity index (χ1v) is 11.6. The minimum absolute atomic E-state index is 0.215. The van der Waals surface area contributed by atoms with Crippen LogP contribution in [0.15, 0.2) is 47.8 Å². The monoisotopic (exact) mass is 468 g/mol. The van der Waals surface area contributed by atoms with E-state index in [2.05, 4.69) is 4.98 Å². The third-order valence-electron chi connectivity index (χ3n) is 5.02. The molecule has 0 N–H and O–H groups in total. The number of nitrogens with zero attached hydrogens (tertiary/aromatic N) is 2. The first-order chi connectivity index (χ1) is 16.0. The van der Waals surface area contributed by atoms with Gasteiger partial charge >= 0.3 is 5.97 Å². The van der Waals surface area contributed by atoms with Gasteiger partial charge in [0.25, 0.3) is 5.91 Å². The number of ether oxygens (including phenoxy) is 3. The van der Waals surface area contributed by atoms with Crippen molar-refractivity contribution in [3.05, 3.63) is 75.2 Å². The zero-order valence-corrected chi connectivity index (χ0v) is 20.1. The number of carbonyl (C=O) groups excluding carboxylic acids is 2. The Hall–Kier alpha value is -3.39. The Morgan fingerprint density at radius 2 is 1.91 bits per heavy atom. The van der Waals surface area contributed by atoms with Crippen molar-refractivity contribution < 1.29 is 23.8 Å². The molecule has 174 valence electrons. The van der Waals surface area contributed by atoms with Gasteiger partial charge < -0.3 is 19.1 Å². The highest BCUT2D eigenvalue weighted by atomic mass is 32.1. The molecule has 0 aliphatic rings. The first-order valence-electron chi connectivity index (χ1n) is 10.7. The lowest BCUT2D eigenvalue weighted by Gasteiger charge is -2.22. The third-order valence-corrected chi connectivity index (χ3v) is 5.87. The van der Waals surface area contributed by atoms with Crippen LogP contribution in [-0.4, -0.2) is 42.0 Å². The minimum atomic E-state index is -0.442. The fraction of sp³-hybridized carbons (Fsp3) is 0.320. The van der Waals surface area contributed by atoms with E-state index in [-0.39, 0.29) is 18.2 Å². The molecule has 2 aromatic heterocycles. The van der Waals surface area contributed by atoms with Crippen molar-refractivity contribution in [2.45, 2.75) is 33.9 Å². The molecule has 7 nitrogen and oxygen atoms in total. The van der Waals surface area contributed by atoms with Crippen molar-refractivity contribution in [3.63, 3.8) is 0 Å². The molecule has 0 fully saturated rings. The van der Waals surface area contributed by atoms with Gasteiger partial charge in [0.2, 0.25) is 0 Å². The maximum Gasteiger partial charge on any atom is 0.339 e. The number of amides is 1. The minimum Gasteiger partial charge on any atom is -0.493 e. The van der Waals surface area contributed by atoms with Crippen LogP contribution in [0.3, 0.4) is 0 Å². The highest BCUT2D eigenvalue weighted by Crippen LogP contribution is 2.30. The van der Waals surface area contributed by atoms with Gasteiger partial charge in [0.15, 0.2) is 11.5 Å². The second-order valence-electron chi connectivity index (χ2n) is 7.22. The second kappa shape index (κ2) is 11.5. The molecule has 0 atom stereocenters. The number of aromatic nitrogens is 1.